The second kappa shape index (κ2) is 6.83. The van der Waals surface area contributed by atoms with Gasteiger partial charge in [0.15, 0.2) is 0 Å². The lowest BCUT2D eigenvalue weighted by atomic mass is 9.95. The molecule has 0 unspecified atom stereocenters. The molecule has 5 heteroatoms. The highest BCUT2D eigenvalue weighted by atomic mass is 16.5. The Kier molecular flexibility index (Phi) is 4.62. The first-order valence-corrected chi connectivity index (χ1v) is 7.55. The Bertz CT molecular complexity index is 559. The highest BCUT2D eigenvalue weighted by molar-refractivity contribution is 5.54. The molecule has 1 aromatic carbocycles. The first-order chi connectivity index (χ1) is 10.3. The molecule has 2 N–H and O–H groups in total. The molecule has 0 amide bonds. The number of ether oxygens (including phenoxy) is 1. The highest BCUT2D eigenvalue weighted by Gasteiger charge is 2.16. The molecular weight excluding hydrogens is 266 g/mol. The molecule has 0 bridgehead atoms. The molecular formula is C16H21N3O2. The number of nitrogens with zero attached hydrogens (tertiary/aromatic N) is 2. The predicted octanol–water partition coefficient (Wildman–Crippen LogP) is 2.55. The number of nitrogens with two attached hydrogens (primary N) is 1. The molecule has 3 rings (SSSR count). The van der Waals surface area contributed by atoms with Gasteiger partial charge >= 0.3 is 0 Å². The molecule has 2 heterocycles. The van der Waals surface area contributed by atoms with Crippen molar-refractivity contribution in [3.63, 3.8) is 0 Å². The zero-order valence-corrected chi connectivity index (χ0v) is 12.1. The lowest BCUT2D eigenvalue weighted by Crippen LogP contribution is -2.16. The van der Waals surface area contributed by atoms with Crippen molar-refractivity contribution in [2.24, 2.45) is 11.7 Å². The van der Waals surface area contributed by atoms with Gasteiger partial charge in [-0.1, -0.05) is 29.4 Å². The van der Waals surface area contributed by atoms with Crippen LogP contribution in [0.1, 0.15) is 30.7 Å². The van der Waals surface area contributed by atoms with Gasteiger partial charge in [0.05, 0.1) is 0 Å². The number of benzene rings is 1. The van der Waals surface area contributed by atoms with E-state index < -0.39 is 0 Å². The summed E-state index contributed by atoms with van der Waals surface area (Å²) in [5, 5.41) is 4.06. The van der Waals surface area contributed by atoms with Gasteiger partial charge in [-0.3, -0.25) is 0 Å². The number of hydrogen-bond donors (Lipinski definition) is 1. The fourth-order valence-electron chi connectivity index (χ4n) is 2.63. The molecule has 1 fully saturated rings. The van der Waals surface area contributed by atoms with Crippen molar-refractivity contribution in [2.75, 3.05) is 13.2 Å². The summed E-state index contributed by atoms with van der Waals surface area (Å²) in [7, 11) is 0. The minimum atomic E-state index is 0.545. The second-order valence-electron chi connectivity index (χ2n) is 5.51. The minimum absolute atomic E-state index is 0.545. The van der Waals surface area contributed by atoms with Crippen LogP contribution in [-0.4, -0.2) is 23.4 Å². The van der Waals surface area contributed by atoms with Crippen molar-refractivity contribution < 1.29 is 9.26 Å². The maximum atomic E-state index is 5.59. The topological polar surface area (TPSA) is 74.2 Å². The van der Waals surface area contributed by atoms with Crippen LogP contribution in [0.25, 0.3) is 11.4 Å². The van der Waals surface area contributed by atoms with Gasteiger partial charge in [0.25, 0.3) is 0 Å². The Morgan fingerprint density at radius 3 is 2.62 bits per heavy atom. The van der Waals surface area contributed by atoms with E-state index in [1.807, 2.05) is 24.3 Å². The molecule has 1 aromatic heterocycles. The third kappa shape index (κ3) is 3.68. The third-order valence-corrected chi connectivity index (χ3v) is 4.02. The van der Waals surface area contributed by atoms with Crippen molar-refractivity contribution in [3.8, 4) is 11.4 Å². The summed E-state index contributed by atoms with van der Waals surface area (Å²) in [5.74, 6) is 2.10. The molecule has 0 spiro atoms. The number of aromatic nitrogens is 2. The van der Waals surface area contributed by atoms with Crippen LogP contribution in [0.2, 0.25) is 0 Å². The molecule has 0 aliphatic carbocycles. The first-order valence-electron chi connectivity index (χ1n) is 7.55. The van der Waals surface area contributed by atoms with Crippen LogP contribution < -0.4 is 5.73 Å². The minimum Gasteiger partial charge on any atom is -0.381 e. The van der Waals surface area contributed by atoms with Crippen LogP contribution in [0.3, 0.4) is 0 Å². The van der Waals surface area contributed by atoms with Crippen LogP contribution in [0, 0.1) is 5.92 Å². The van der Waals surface area contributed by atoms with Crippen molar-refractivity contribution in [2.45, 2.75) is 32.2 Å². The summed E-state index contributed by atoms with van der Waals surface area (Å²) in [6.07, 6.45) is 4.22. The molecule has 21 heavy (non-hydrogen) atoms. The van der Waals surface area contributed by atoms with E-state index in [9.17, 15) is 0 Å². The fraction of sp³-hybridized carbons (Fsp3) is 0.500. The third-order valence-electron chi connectivity index (χ3n) is 4.02. The standard InChI is InChI=1S/C16H21N3O2/c17-11-13-1-4-14(5-2-13)16-18-15(21-19-16)6-3-12-7-9-20-10-8-12/h1-2,4-5,12H,3,6-11,17H2. The van der Waals surface area contributed by atoms with Gasteiger partial charge in [-0.25, -0.2) is 0 Å². The number of rotatable bonds is 5. The van der Waals surface area contributed by atoms with Gasteiger partial charge in [0.1, 0.15) is 0 Å². The van der Waals surface area contributed by atoms with E-state index in [1.165, 1.54) is 0 Å². The van der Waals surface area contributed by atoms with E-state index in [2.05, 4.69) is 10.1 Å². The van der Waals surface area contributed by atoms with Crippen LogP contribution in [0.5, 0.6) is 0 Å². The van der Waals surface area contributed by atoms with Crippen molar-refractivity contribution >= 4 is 0 Å². The molecule has 0 radical (unpaired) electrons. The normalized spacial score (nSPS) is 16.2. The van der Waals surface area contributed by atoms with Crippen molar-refractivity contribution in [1.29, 1.82) is 0 Å². The van der Waals surface area contributed by atoms with Gasteiger partial charge in [-0.15, -0.1) is 0 Å². The molecule has 0 saturated carbocycles. The van der Waals surface area contributed by atoms with Crippen molar-refractivity contribution in [3.05, 3.63) is 35.7 Å². The highest BCUT2D eigenvalue weighted by Crippen LogP contribution is 2.22. The van der Waals surface area contributed by atoms with Gasteiger partial charge in [0, 0.05) is 31.7 Å². The number of hydrogen-bond acceptors (Lipinski definition) is 5. The lowest BCUT2D eigenvalue weighted by molar-refractivity contribution is 0.0634. The molecule has 1 aliphatic rings. The van der Waals surface area contributed by atoms with E-state index in [0.29, 0.717) is 12.4 Å². The summed E-state index contributed by atoms with van der Waals surface area (Å²) in [4.78, 5) is 4.48. The van der Waals surface area contributed by atoms with Gasteiger partial charge in [-0.05, 0) is 30.7 Å². The largest absolute Gasteiger partial charge is 0.381 e. The summed E-state index contributed by atoms with van der Waals surface area (Å²) in [5.41, 5.74) is 7.66. The zero-order chi connectivity index (χ0) is 14.5. The van der Waals surface area contributed by atoms with Gasteiger partial charge in [0.2, 0.25) is 11.7 Å². The van der Waals surface area contributed by atoms with Gasteiger partial charge < -0.3 is 15.0 Å². The Labute approximate surface area is 124 Å². The Hall–Kier alpha value is -1.72. The maximum Gasteiger partial charge on any atom is 0.226 e. The predicted molar refractivity (Wildman–Crippen MR) is 79.5 cm³/mol. The summed E-state index contributed by atoms with van der Waals surface area (Å²) < 4.78 is 10.7. The average molecular weight is 287 g/mol. The van der Waals surface area contributed by atoms with Crippen LogP contribution >= 0.6 is 0 Å². The lowest BCUT2D eigenvalue weighted by Gasteiger charge is -2.20. The Balaban J connectivity index is 1.59. The quantitative estimate of drug-likeness (QED) is 0.914. The van der Waals surface area contributed by atoms with E-state index in [-0.39, 0.29) is 0 Å². The molecule has 2 aromatic rings. The van der Waals surface area contributed by atoms with E-state index in [1.54, 1.807) is 0 Å². The Morgan fingerprint density at radius 2 is 1.90 bits per heavy atom. The summed E-state index contributed by atoms with van der Waals surface area (Å²) in [6, 6.07) is 7.95. The summed E-state index contributed by atoms with van der Waals surface area (Å²) >= 11 is 0. The van der Waals surface area contributed by atoms with E-state index in [4.69, 9.17) is 15.0 Å². The molecule has 1 aliphatic heterocycles. The monoisotopic (exact) mass is 287 g/mol. The van der Waals surface area contributed by atoms with Gasteiger partial charge in [-0.2, -0.15) is 4.98 Å². The maximum absolute atomic E-state index is 5.59. The second-order valence-corrected chi connectivity index (χ2v) is 5.51. The Morgan fingerprint density at radius 1 is 1.14 bits per heavy atom. The zero-order valence-electron chi connectivity index (χ0n) is 12.1. The van der Waals surface area contributed by atoms with E-state index in [0.717, 1.165) is 61.8 Å². The van der Waals surface area contributed by atoms with Crippen LogP contribution in [0.15, 0.2) is 28.8 Å². The molecule has 5 nitrogen and oxygen atoms in total. The molecule has 1 saturated heterocycles. The molecule has 0 atom stereocenters. The average Bonchev–Trinajstić information content (AvgIpc) is 3.03. The first kappa shape index (κ1) is 14.2. The van der Waals surface area contributed by atoms with Crippen LogP contribution in [-0.2, 0) is 17.7 Å². The van der Waals surface area contributed by atoms with Crippen molar-refractivity contribution in [1.82, 2.24) is 10.1 Å². The SMILES string of the molecule is NCc1ccc(-c2noc(CCC3CCOCC3)n2)cc1. The van der Waals surface area contributed by atoms with E-state index >= 15 is 0 Å². The fourth-order valence-corrected chi connectivity index (χ4v) is 2.63. The summed E-state index contributed by atoms with van der Waals surface area (Å²) in [6.45, 7) is 2.31. The smallest absolute Gasteiger partial charge is 0.226 e. The van der Waals surface area contributed by atoms with Crippen LogP contribution in [0.4, 0.5) is 0 Å². The molecule has 112 valence electrons. The number of aryl methyl sites for hydroxylation is 1.